The lowest BCUT2D eigenvalue weighted by Crippen LogP contribution is -2.02. The van der Waals surface area contributed by atoms with Crippen molar-refractivity contribution in [1.29, 1.82) is 0 Å². The topological polar surface area (TPSA) is 35.0 Å². The quantitative estimate of drug-likeness (QED) is 0.692. The van der Waals surface area contributed by atoms with E-state index in [2.05, 4.69) is 13.8 Å². The second kappa shape index (κ2) is 5.95. The Balaban J connectivity index is 2.31. The normalized spacial score (nSPS) is 11.2. The van der Waals surface area contributed by atoms with Gasteiger partial charge in [0.15, 0.2) is 5.82 Å². The zero-order valence-corrected chi connectivity index (χ0v) is 13.7. The van der Waals surface area contributed by atoms with E-state index in [1.165, 1.54) is 12.1 Å². The van der Waals surface area contributed by atoms with E-state index in [-0.39, 0.29) is 11.7 Å². The molecule has 0 saturated heterocycles. The number of benzene rings is 2. The lowest BCUT2D eigenvalue weighted by Gasteiger charge is -2.14. The second-order valence-corrected chi connectivity index (χ2v) is 5.88. The Labute approximate surface area is 135 Å². The zero-order chi connectivity index (χ0) is 16.6. The van der Waals surface area contributed by atoms with Gasteiger partial charge in [-0.3, -0.25) is 0 Å². The van der Waals surface area contributed by atoms with Gasteiger partial charge in [-0.15, -0.1) is 0 Å². The van der Waals surface area contributed by atoms with Gasteiger partial charge in [0.25, 0.3) is 0 Å². The lowest BCUT2D eigenvalue weighted by molar-refractivity contribution is 0.412. The monoisotopic (exact) mass is 310 g/mol. The first-order chi connectivity index (χ1) is 11.0. The van der Waals surface area contributed by atoms with E-state index in [1.807, 2.05) is 19.1 Å². The molecule has 0 atom stereocenters. The van der Waals surface area contributed by atoms with Gasteiger partial charge in [0.05, 0.1) is 18.3 Å². The van der Waals surface area contributed by atoms with E-state index in [1.54, 1.807) is 19.2 Å². The van der Waals surface area contributed by atoms with Gasteiger partial charge in [0.1, 0.15) is 11.6 Å². The fraction of sp³-hybridized carbons (Fsp3) is 0.263. The summed E-state index contributed by atoms with van der Waals surface area (Å²) in [5.74, 6) is 1.40. The summed E-state index contributed by atoms with van der Waals surface area (Å²) in [4.78, 5) is 9.44. The number of hydrogen-bond donors (Lipinski definition) is 0. The van der Waals surface area contributed by atoms with E-state index in [0.717, 1.165) is 33.5 Å². The number of rotatable bonds is 3. The SMILES string of the molecule is COc1ccc2c(C(C)C)nc(-c3ccc(F)cc3)nc2c1C. The van der Waals surface area contributed by atoms with E-state index in [4.69, 9.17) is 14.7 Å². The van der Waals surface area contributed by atoms with Gasteiger partial charge in [0.2, 0.25) is 0 Å². The van der Waals surface area contributed by atoms with Crippen LogP contribution in [0.2, 0.25) is 0 Å². The Bertz CT molecular complexity index is 857. The summed E-state index contributed by atoms with van der Waals surface area (Å²) in [5, 5.41) is 1.03. The van der Waals surface area contributed by atoms with Crippen LogP contribution in [0, 0.1) is 12.7 Å². The molecule has 3 aromatic rings. The fourth-order valence-electron chi connectivity index (χ4n) is 2.73. The van der Waals surface area contributed by atoms with Gasteiger partial charge in [-0.2, -0.15) is 0 Å². The largest absolute Gasteiger partial charge is 0.496 e. The van der Waals surface area contributed by atoms with Crippen LogP contribution in [0.15, 0.2) is 36.4 Å². The molecule has 1 heterocycles. The molecule has 118 valence electrons. The molecule has 0 bridgehead atoms. The minimum absolute atomic E-state index is 0.257. The lowest BCUT2D eigenvalue weighted by atomic mass is 10.0. The third-order valence-electron chi connectivity index (χ3n) is 3.97. The number of aromatic nitrogens is 2. The third kappa shape index (κ3) is 2.77. The van der Waals surface area contributed by atoms with Crippen molar-refractivity contribution in [3.8, 4) is 17.1 Å². The molecule has 0 aliphatic carbocycles. The Morgan fingerprint density at radius 3 is 2.30 bits per heavy atom. The van der Waals surface area contributed by atoms with E-state index in [0.29, 0.717) is 5.82 Å². The van der Waals surface area contributed by atoms with Crippen molar-refractivity contribution in [3.05, 3.63) is 53.5 Å². The van der Waals surface area contributed by atoms with Crippen LogP contribution in [0.3, 0.4) is 0 Å². The minimum Gasteiger partial charge on any atom is -0.496 e. The first-order valence-corrected chi connectivity index (χ1v) is 7.62. The van der Waals surface area contributed by atoms with Gasteiger partial charge in [-0.05, 0) is 49.2 Å². The second-order valence-electron chi connectivity index (χ2n) is 5.88. The van der Waals surface area contributed by atoms with Crippen LogP contribution in [0.4, 0.5) is 4.39 Å². The molecule has 4 heteroatoms. The summed E-state index contributed by atoms with van der Waals surface area (Å²) in [6.07, 6.45) is 0. The van der Waals surface area contributed by atoms with Crippen molar-refractivity contribution in [2.24, 2.45) is 0 Å². The maximum Gasteiger partial charge on any atom is 0.160 e. The van der Waals surface area contributed by atoms with Gasteiger partial charge in [-0.25, -0.2) is 14.4 Å². The highest BCUT2D eigenvalue weighted by Crippen LogP contribution is 2.32. The van der Waals surface area contributed by atoms with Crippen molar-refractivity contribution < 1.29 is 9.13 Å². The van der Waals surface area contributed by atoms with Crippen LogP contribution in [0.25, 0.3) is 22.3 Å². The predicted octanol–water partition coefficient (Wildman–Crippen LogP) is 4.88. The fourth-order valence-corrected chi connectivity index (χ4v) is 2.73. The van der Waals surface area contributed by atoms with Crippen LogP contribution in [-0.4, -0.2) is 17.1 Å². The number of aryl methyl sites for hydroxylation is 1. The van der Waals surface area contributed by atoms with E-state index in [9.17, 15) is 4.39 Å². The van der Waals surface area contributed by atoms with Crippen LogP contribution < -0.4 is 4.74 Å². The molecular formula is C19H19FN2O. The Hall–Kier alpha value is -2.49. The molecule has 0 fully saturated rings. The maximum atomic E-state index is 13.2. The average molecular weight is 310 g/mol. The highest BCUT2D eigenvalue weighted by atomic mass is 19.1. The molecular weight excluding hydrogens is 291 g/mol. The van der Waals surface area contributed by atoms with Crippen molar-refractivity contribution in [3.63, 3.8) is 0 Å². The van der Waals surface area contributed by atoms with Crippen LogP contribution in [0.5, 0.6) is 5.75 Å². The number of nitrogens with zero attached hydrogens (tertiary/aromatic N) is 2. The third-order valence-corrected chi connectivity index (χ3v) is 3.97. The molecule has 1 aromatic heterocycles. The first-order valence-electron chi connectivity index (χ1n) is 7.62. The summed E-state index contributed by atoms with van der Waals surface area (Å²) in [5.41, 5.74) is 3.65. The van der Waals surface area contributed by atoms with Gasteiger partial charge in [-0.1, -0.05) is 13.8 Å². The molecule has 0 aliphatic heterocycles. The molecule has 0 amide bonds. The number of methoxy groups -OCH3 is 1. The molecule has 0 saturated carbocycles. The van der Waals surface area contributed by atoms with Crippen molar-refractivity contribution in [2.45, 2.75) is 26.7 Å². The van der Waals surface area contributed by atoms with Gasteiger partial charge >= 0.3 is 0 Å². The summed E-state index contributed by atoms with van der Waals surface area (Å²) in [7, 11) is 1.65. The summed E-state index contributed by atoms with van der Waals surface area (Å²) >= 11 is 0. The zero-order valence-electron chi connectivity index (χ0n) is 13.7. The number of hydrogen-bond acceptors (Lipinski definition) is 3. The van der Waals surface area contributed by atoms with Gasteiger partial charge < -0.3 is 4.74 Å². The Morgan fingerprint density at radius 2 is 1.70 bits per heavy atom. The highest BCUT2D eigenvalue weighted by Gasteiger charge is 2.15. The minimum atomic E-state index is -0.267. The molecule has 0 spiro atoms. The standard InChI is InChI=1S/C19H19FN2O/c1-11(2)17-15-9-10-16(23-4)12(3)18(15)22-19(21-17)13-5-7-14(20)8-6-13/h5-11H,1-4H3. The molecule has 0 radical (unpaired) electrons. The summed E-state index contributed by atoms with van der Waals surface area (Å²) < 4.78 is 18.6. The van der Waals surface area contributed by atoms with Crippen LogP contribution >= 0.6 is 0 Å². The number of ether oxygens (including phenoxy) is 1. The molecule has 3 nitrogen and oxygen atoms in total. The predicted molar refractivity (Wildman–Crippen MR) is 90.3 cm³/mol. The number of fused-ring (bicyclic) bond motifs is 1. The Kier molecular flexibility index (Phi) is 3.99. The van der Waals surface area contributed by atoms with Crippen molar-refractivity contribution in [1.82, 2.24) is 9.97 Å². The molecule has 3 rings (SSSR count). The van der Waals surface area contributed by atoms with E-state index < -0.39 is 0 Å². The van der Waals surface area contributed by atoms with E-state index >= 15 is 0 Å². The van der Waals surface area contributed by atoms with Crippen LogP contribution in [-0.2, 0) is 0 Å². The molecule has 23 heavy (non-hydrogen) atoms. The molecule has 0 aliphatic rings. The van der Waals surface area contributed by atoms with Crippen LogP contribution in [0.1, 0.15) is 31.0 Å². The molecule has 0 unspecified atom stereocenters. The highest BCUT2D eigenvalue weighted by molar-refractivity contribution is 5.87. The average Bonchev–Trinajstić information content (AvgIpc) is 2.55. The number of halogens is 1. The molecule has 0 N–H and O–H groups in total. The molecule has 2 aromatic carbocycles. The van der Waals surface area contributed by atoms with Gasteiger partial charge in [0, 0.05) is 16.5 Å². The summed E-state index contributed by atoms with van der Waals surface area (Å²) in [6, 6.07) is 10.2. The van der Waals surface area contributed by atoms with Crippen molar-refractivity contribution in [2.75, 3.05) is 7.11 Å². The smallest absolute Gasteiger partial charge is 0.160 e. The first kappa shape index (κ1) is 15.4. The van der Waals surface area contributed by atoms with Crippen molar-refractivity contribution >= 4 is 10.9 Å². The maximum absolute atomic E-state index is 13.2. The Morgan fingerprint density at radius 1 is 1.00 bits per heavy atom. The summed E-state index contributed by atoms with van der Waals surface area (Å²) in [6.45, 7) is 6.21.